The molecule has 0 fully saturated rings. The Bertz CT molecular complexity index is 1870. The third kappa shape index (κ3) is 7.10. The molecule has 0 saturated carbocycles. The average Bonchev–Trinajstić information content (AvgIpc) is 3.02. The number of nitrogens with two attached hydrogens (primary N) is 3. The van der Waals surface area contributed by atoms with E-state index in [1.165, 1.54) is 36.4 Å². The molecule has 0 amide bonds. The van der Waals surface area contributed by atoms with E-state index >= 15 is 0 Å². The standard InChI is InChI=1S/C26H28N8O6S2/c1-14-10-21(29)24(9-7-20(14)28)34-32-17-4-6-19(26(13-17)42(38,39)40)18-5-3-16(12-25(18)41(35,36)37)31-33-23-8-2-15(27)11-22(23)30/h2-6,8-9,11-14,20,29H,7,10,27-28,30H2,1H3,(H,35,36,37)(H,38,39,40). The Kier molecular flexibility index (Phi) is 8.65. The number of azo groups is 2. The highest BCUT2D eigenvalue weighted by molar-refractivity contribution is 7.86. The molecule has 1 aliphatic rings. The second-order valence-corrected chi connectivity index (χ2v) is 12.5. The molecule has 0 heterocycles. The summed E-state index contributed by atoms with van der Waals surface area (Å²) in [7, 11) is -9.84. The number of anilines is 2. The summed E-state index contributed by atoms with van der Waals surface area (Å²) >= 11 is 0. The molecule has 16 heteroatoms. The Balaban J connectivity index is 1.75. The maximum absolute atomic E-state index is 12.4. The number of benzene rings is 3. The number of hydrogen-bond acceptors (Lipinski definition) is 12. The predicted octanol–water partition coefficient (Wildman–Crippen LogP) is 5.17. The second-order valence-electron chi connectivity index (χ2n) is 9.68. The third-order valence-electron chi connectivity index (χ3n) is 6.52. The minimum absolute atomic E-state index is 0.00146. The Morgan fingerprint density at radius 2 is 1.36 bits per heavy atom. The zero-order chi connectivity index (χ0) is 30.8. The van der Waals surface area contributed by atoms with Crippen molar-refractivity contribution in [1.82, 2.24) is 0 Å². The van der Waals surface area contributed by atoms with E-state index in [1.807, 2.05) is 6.92 Å². The van der Waals surface area contributed by atoms with Crippen LogP contribution < -0.4 is 17.2 Å². The van der Waals surface area contributed by atoms with E-state index in [2.05, 4.69) is 20.5 Å². The van der Waals surface area contributed by atoms with Gasteiger partial charge in [-0.1, -0.05) is 25.1 Å². The Morgan fingerprint density at radius 1 is 0.810 bits per heavy atom. The number of hydrogen-bond donors (Lipinski definition) is 6. The van der Waals surface area contributed by atoms with Crippen molar-refractivity contribution in [2.45, 2.75) is 35.6 Å². The van der Waals surface area contributed by atoms with Crippen molar-refractivity contribution in [2.75, 3.05) is 11.5 Å². The normalized spacial score (nSPS) is 18.4. The maximum atomic E-state index is 12.4. The van der Waals surface area contributed by atoms with Crippen LogP contribution in [0.2, 0.25) is 0 Å². The molecule has 0 aromatic heterocycles. The summed E-state index contributed by atoms with van der Waals surface area (Å²) in [6.07, 6.45) is 2.55. The number of nitrogen functional groups attached to an aromatic ring is 2. The van der Waals surface area contributed by atoms with Gasteiger partial charge in [-0.15, -0.1) is 10.2 Å². The molecule has 42 heavy (non-hydrogen) atoms. The van der Waals surface area contributed by atoms with Crippen LogP contribution in [0.15, 0.2) is 96.6 Å². The van der Waals surface area contributed by atoms with E-state index in [1.54, 1.807) is 12.1 Å². The van der Waals surface area contributed by atoms with Crippen molar-refractivity contribution in [2.24, 2.45) is 32.1 Å². The van der Waals surface area contributed by atoms with Crippen LogP contribution in [0.1, 0.15) is 19.8 Å². The molecular formula is C26H28N8O6S2. The van der Waals surface area contributed by atoms with Gasteiger partial charge in [-0.05, 0) is 61.2 Å². The highest BCUT2D eigenvalue weighted by atomic mass is 32.2. The summed E-state index contributed by atoms with van der Waals surface area (Å²) in [5.41, 5.74) is 18.5. The van der Waals surface area contributed by atoms with Crippen LogP contribution in [-0.2, 0) is 20.2 Å². The lowest BCUT2D eigenvalue weighted by Gasteiger charge is -2.14. The van der Waals surface area contributed by atoms with Crippen LogP contribution in [-0.4, -0.2) is 37.7 Å². The van der Waals surface area contributed by atoms with Crippen LogP contribution in [0.5, 0.6) is 0 Å². The van der Waals surface area contributed by atoms with Crippen LogP contribution in [0.4, 0.5) is 28.4 Å². The Labute approximate surface area is 242 Å². The summed E-state index contributed by atoms with van der Waals surface area (Å²) in [5, 5.41) is 24.3. The van der Waals surface area contributed by atoms with Crippen molar-refractivity contribution in [3.8, 4) is 11.1 Å². The lowest BCUT2D eigenvalue weighted by atomic mass is 9.97. The van der Waals surface area contributed by atoms with Crippen LogP contribution in [0, 0.1) is 11.3 Å². The van der Waals surface area contributed by atoms with E-state index in [0.717, 1.165) is 12.1 Å². The van der Waals surface area contributed by atoms with Gasteiger partial charge in [-0.2, -0.15) is 27.1 Å². The molecule has 1 aliphatic carbocycles. The quantitative estimate of drug-likeness (QED) is 0.116. The van der Waals surface area contributed by atoms with E-state index in [9.17, 15) is 25.9 Å². The zero-order valence-electron chi connectivity index (χ0n) is 22.2. The zero-order valence-corrected chi connectivity index (χ0v) is 23.8. The average molecular weight is 613 g/mol. The highest BCUT2D eigenvalue weighted by Crippen LogP contribution is 2.37. The van der Waals surface area contributed by atoms with Crippen molar-refractivity contribution >= 4 is 54.4 Å². The first-order valence-electron chi connectivity index (χ1n) is 12.4. The molecular weight excluding hydrogens is 584 g/mol. The molecule has 0 saturated heterocycles. The van der Waals surface area contributed by atoms with Gasteiger partial charge < -0.3 is 22.6 Å². The van der Waals surface area contributed by atoms with Crippen molar-refractivity contribution in [1.29, 1.82) is 5.41 Å². The molecule has 3 aromatic carbocycles. The molecule has 0 aliphatic heterocycles. The first-order valence-corrected chi connectivity index (χ1v) is 15.3. The fourth-order valence-corrected chi connectivity index (χ4v) is 5.64. The number of nitrogens with zero attached hydrogens (tertiary/aromatic N) is 4. The van der Waals surface area contributed by atoms with E-state index in [4.69, 9.17) is 22.6 Å². The maximum Gasteiger partial charge on any atom is 0.295 e. The van der Waals surface area contributed by atoms with Gasteiger partial charge in [0.1, 0.15) is 21.2 Å². The lowest BCUT2D eigenvalue weighted by molar-refractivity contribution is 0.477. The Morgan fingerprint density at radius 3 is 1.88 bits per heavy atom. The van der Waals surface area contributed by atoms with Crippen molar-refractivity contribution in [3.05, 3.63) is 66.4 Å². The van der Waals surface area contributed by atoms with E-state index in [-0.39, 0.29) is 57.2 Å². The number of nitrogens with one attached hydrogen (secondary N) is 1. The summed E-state index contributed by atoms with van der Waals surface area (Å²) in [5.74, 6) is 0.0626. The van der Waals surface area contributed by atoms with Gasteiger partial charge in [-0.25, -0.2) is 0 Å². The number of rotatable bonds is 7. The SMILES string of the molecule is CC1CC(=N)C(N=Nc2ccc(-c3ccc(N=Nc4ccc(N)cc4N)cc3S(=O)(=O)O)c(S(=O)(=O)O)c2)=CCC1N. The van der Waals surface area contributed by atoms with Crippen molar-refractivity contribution in [3.63, 3.8) is 0 Å². The molecule has 4 rings (SSSR count). The van der Waals surface area contributed by atoms with Crippen LogP contribution in [0.3, 0.4) is 0 Å². The summed E-state index contributed by atoms with van der Waals surface area (Å²) in [4.78, 5) is -1.38. The minimum Gasteiger partial charge on any atom is -0.399 e. The molecule has 0 radical (unpaired) electrons. The largest absolute Gasteiger partial charge is 0.399 e. The smallest absolute Gasteiger partial charge is 0.295 e. The molecule has 220 valence electrons. The fourth-order valence-electron chi connectivity index (χ4n) is 4.19. The molecule has 0 bridgehead atoms. The lowest BCUT2D eigenvalue weighted by Crippen LogP contribution is -2.27. The first kappa shape index (κ1) is 30.6. The third-order valence-corrected chi connectivity index (χ3v) is 8.31. The number of allylic oxidation sites excluding steroid dienone is 1. The van der Waals surface area contributed by atoms with Gasteiger partial charge in [0.05, 0.1) is 22.8 Å². The molecule has 14 nitrogen and oxygen atoms in total. The monoisotopic (exact) mass is 612 g/mol. The topological polar surface area (TPSA) is 260 Å². The molecule has 3 aromatic rings. The van der Waals surface area contributed by atoms with Crippen LogP contribution >= 0.6 is 0 Å². The summed E-state index contributed by atoms with van der Waals surface area (Å²) < 4.78 is 69.3. The first-order chi connectivity index (χ1) is 19.6. The van der Waals surface area contributed by atoms with Gasteiger partial charge in [-0.3, -0.25) is 9.11 Å². The van der Waals surface area contributed by atoms with E-state index in [0.29, 0.717) is 18.5 Å². The van der Waals surface area contributed by atoms with E-state index < -0.39 is 30.0 Å². The molecule has 2 atom stereocenters. The summed E-state index contributed by atoms with van der Waals surface area (Å²) in [6, 6.07) is 11.4. The van der Waals surface area contributed by atoms with Gasteiger partial charge in [0.2, 0.25) is 0 Å². The molecule has 2 unspecified atom stereocenters. The predicted molar refractivity (Wildman–Crippen MR) is 158 cm³/mol. The van der Waals surface area contributed by atoms with Crippen LogP contribution in [0.25, 0.3) is 11.1 Å². The van der Waals surface area contributed by atoms with Crippen molar-refractivity contribution < 1.29 is 25.9 Å². The highest BCUT2D eigenvalue weighted by Gasteiger charge is 2.25. The summed E-state index contributed by atoms with van der Waals surface area (Å²) in [6.45, 7) is 1.93. The second kappa shape index (κ2) is 11.9. The minimum atomic E-state index is -4.92. The fraction of sp³-hybridized carbons (Fsp3) is 0.192. The molecule has 0 spiro atoms. The van der Waals surface area contributed by atoms with Gasteiger partial charge in [0.15, 0.2) is 0 Å². The van der Waals surface area contributed by atoms with Gasteiger partial charge in [0.25, 0.3) is 20.2 Å². The Hall–Kier alpha value is -4.35. The van der Waals surface area contributed by atoms with Gasteiger partial charge in [0, 0.05) is 22.9 Å². The molecule has 9 N–H and O–H groups in total. The van der Waals surface area contributed by atoms with Gasteiger partial charge >= 0.3 is 0 Å².